The number of carboxylic acids is 1. The molecule has 1 heterocycles. The molecule has 0 spiro atoms. The first-order chi connectivity index (χ1) is 14.4. The van der Waals surface area contributed by atoms with Gasteiger partial charge in [0, 0.05) is 18.1 Å². The summed E-state index contributed by atoms with van der Waals surface area (Å²) in [4.78, 5) is 14.5. The molecule has 0 aliphatic carbocycles. The summed E-state index contributed by atoms with van der Waals surface area (Å²) < 4.78 is 63.5. The Morgan fingerprint density at radius 3 is 2.19 bits per heavy atom. The molecular formula is C21H21F3N2O4S. The molecule has 10 heteroatoms. The van der Waals surface area contributed by atoms with E-state index in [4.69, 9.17) is 5.11 Å². The quantitative estimate of drug-likeness (QED) is 0.608. The van der Waals surface area contributed by atoms with Crippen LogP contribution in [0.1, 0.15) is 25.4 Å². The van der Waals surface area contributed by atoms with E-state index in [2.05, 4.69) is 4.98 Å². The van der Waals surface area contributed by atoms with Crippen LogP contribution in [0.4, 0.5) is 13.2 Å². The summed E-state index contributed by atoms with van der Waals surface area (Å²) in [6.07, 6.45) is -3.53. The number of rotatable bonds is 5. The number of sulfone groups is 1. The molecule has 2 aromatic carbocycles. The van der Waals surface area contributed by atoms with E-state index in [0.29, 0.717) is 16.8 Å². The lowest BCUT2D eigenvalue weighted by Gasteiger charge is -2.09. The van der Waals surface area contributed by atoms with Crippen molar-refractivity contribution in [3.63, 3.8) is 0 Å². The van der Waals surface area contributed by atoms with E-state index < -0.39 is 34.1 Å². The van der Waals surface area contributed by atoms with Crippen molar-refractivity contribution < 1.29 is 31.5 Å². The third-order valence-electron chi connectivity index (χ3n) is 4.12. The summed E-state index contributed by atoms with van der Waals surface area (Å²) in [5.41, 5.74) is 0.382. The molecule has 6 nitrogen and oxygen atoms in total. The molecule has 0 aliphatic rings. The third-order valence-corrected chi connectivity index (χ3v) is 5.23. The topological polar surface area (TPSA) is 89.3 Å². The lowest BCUT2D eigenvalue weighted by molar-refractivity contribution is -0.141. The van der Waals surface area contributed by atoms with Gasteiger partial charge in [-0.3, -0.25) is 4.79 Å². The first-order valence-electron chi connectivity index (χ1n) is 9.23. The van der Waals surface area contributed by atoms with Crippen LogP contribution in [0.25, 0.3) is 16.8 Å². The molecule has 3 rings (SSSR count). The lowest BCUT2D eigenvalue weighted by Crippen LogP contribution is -2.08. The second kappa shape index (κ2) is 9.34. The van der Waals surface area contributed by atoms with E-state index in [1.165, 1.54) is 24.3 Å². The van der Waals surface area contributed by atoms with Gasteiger partial charge in [-0.2, -0.15) is 13.2 Å². The highest BCUT2D eigenvalue weighted by Crippen LogP contribution is 2.30. The van der Waals surface area contributed by atoms with Crippen LogP contribution in [0.3, 0.4) is 0 Å². The van der Waals surface area contributed by atoms with Crippen LogP contribution in [0, 0.1) is 0 Å². The number of carboxylic acid groups (broad SMARTS) is 1. The van der Waals surface area contributed by atoms with Gasteiger partial charge in [0.2, 0.25) is 0 Å². The SMILES string of the molecule is CC.CS(=O)(=O)c1cccc(-c2ccc(-n3cc(C(F)(F)F)nc3CC(=O)O)cc2)c1. The van der Waals surface area contributed by atoms with Crippen molar-refractivity contribution in [2.75, 3.05) is 6.26 Å². The Morgan fingerprint density at radius 2 is 1.68 bits per heavy atom. The first-order valence-corrected chi connectivity index (χ1v) is 11.1. The van der Waals surface area contributed by atoms with Gasteiger partial charge in [-0.15, -0.1) is 0 Å². The number of benzene rings is 2. The Labute approximate surface area is 177 Å². The smallest absolute Gasteiger partial charge is 0.434 e. The van der Waals surface area contributed by atoms with Gasteiger partial charge in [0.05, 0.1) is 4.90 Å². The van der Waals surface area contributed by atoms with E-state index in [9.17, 15) is 26.4 Å². The zero-order valence-electron chi connectivity index (χ0n) is 17.0. The maximum atomic E-state index is 13.0. The molecule has 31 heavy (non-hydrogen) atoms. The van der Waals surface area contributed by atoms with Crippen molar-refractivity contribution in [1.82, 2.24) is 9.55 Å². The van der Waals surface area contributed by atoms with Crippen LogP contribution in [0.2, 0.25) is 0 Å². The van der Waals surface area contributed by atoms with E-state index in [1.807, 2.05) is 13.8 Å². The minimum atomic E-state index is -4.70. The lowest BCUT2D eigenvalue weighted by atomic mass is 10.1. The van der Waals surface area contributed by atoms with Crippen molar-refractivity contribution in [2.45, 2.75) is 31.3 Å². The molecule has 0 atom stereocenters. The van der Waals surface area contributed by atoms with Gasteiger partial charge >= 0.3 is 12.1 Å². The van der Waals surface area contributed by atoms with Crippen LogP contribution in [0.5, 0.6) is 0 Å². The minimum Gasteiger partial charge on any atom is -0.481 e. The van der Waals surface area contributed by atoms with E-state index in [-0.39, 0.29) is 10.7 Å². The second-order valence-corrected chi connectivity index (χ2v) is 8.34. The highest BCUT2D eigenvalue weighted by molar-refractivity contribution is 7.90. The van der Waals surface area contributed by atoms with Crippen LogP contribution in [-0.4, -0.2) is 35.3 Å². The number of alkyl halides is 3. The van der Waals surface area contributed by atoms with Gasteiger partial charge in [0.15, 0.2) is 15.5 Å². The third kappa shape index (κ3) is 5.94. The molecule has 1 N–H and O–H groups in total. The van der Waals surface area contributed by atoms with Crippen LogP contribution in [0.15, 0.2) is 59.6 Å². The summed E-state index contributed by atoms with van der Waals surface area (Å²) in [7, 11) is -3.39. The second-order valence-electron chi connectivity index (χ2n) is 6.33. The molecule has 1 aromatic heterocycles. The molecule has 166 valence electrons. The molecule has 0 fully saturated rings. The zero-order valence-corrected chi connectivity index (χ0v) is 17.8. The number of hydrogen-bond acceptors (Lipinski definition) is 4. The normalized spacial score (nSPS) is 11.5. The number of hydrogen-bond donors (Lipinski definition) is 1. The van der Waals surface area contributed by atoms with Crippen LogP contribution >= 0.6 is 0 Å². The van der Waals surface area contributed by atoms with Gasteiger partial charge in [0.1, 0.15) is 12.2 Å². The summed E-state index contributed by atoms with van der Waals surface area (Å²) in [6.45, 7) is 4.00. The molecule has 0 radical (unpaired) electrons. The van der Waals surface area contributed by atoms with Crippen molar-refractivity contribution in [1.29, 1.82) is 0 Å². The summed E-state index contributed by atoms with van der Waals surface area (Å²) in [5, 5.41) is 8.95. The number of nitrogens with zero attached hydrogens (tertiary/aromatic N) is 2. The molecule has 0 aliphatic heterocycles. The van der Waals surface area contributed by atoms with E-state index >= 15 is 0 Å². The Balaban J connectivity index is 0.00000166. The van der Waals surface area contributed by atoms with Gasteiger partial charge in [-0.25, -0.2) is 13.4 Å². The Kier molecular flexibility index (Phi) is 7.27. The molecule has 3 aromatic rings. The molecule has 0 bridgehead atoms. The van der Waals surface area contributed by atoms with E-state index in [1.54, 1.807) is 24.3 Å². The maximum absolute atomic E-state index is 13.0. The van der Waals surface area contributed by atoms with Gasteiger partial charge in [0.25, 0.3) is 0 Å². The number of aromatic nitrogens is 2. The largest absolute Gasteiger partial charge is 0.481 e. The molecule has 0 amide bonds. The maximum Gasteiger partial charge on any atom is 0.434 e. The van der Waals surface area contributed by atoms with Crippen molar-refractivity contribution >= 4 is 15.8 Å². The Morgan fingerprint density at radius 1 is 1.06 bits per heavy atom. The summed E-state index contributed by atoms with van der Waals surface area (Å²) in [6, 6.07) is 12.5. The number of carbonyl (C=O) groups is 1. The fraction of sp³-hybridized carbons (Fsp3) is 0.238. The highest BCUT2D eigenvalue weighted by Gasteiger charge is 2.35. The standard InChI is InChI=1S/C19H15F3N2O4S.C2H6/c1-29(27,28)15-4-2-3-13(9-15)12-5-7-14(8-6-12)24-11-16(19(20,21)22)23-17(24)10-18(25)26;1-2/h2-9,11H,10H2,1H3,(H,25,26);1-2H3. The average molecular weight is 454 g/mol. The van der Waals surface area contributed by atoms with Gasteiger partial charge < -0.3 is 9.67 Å². The van der Waals surface area contributed by atoms with Crippen LogP contribution in [-0.2, 0) is 27.2 Å². The molecule has 0 saturated carbocycles. The summed E-state index contributed by atoms with van der Waals surface area (Å²) >= 11 is 0. The fourth-order valence-electron chi connectivity index (χ4n) is 2.76. The first kappa shape index (κ1) is 24.1. The number of imidazole rings is 1. The predicted molar refractivity (Wildman–Crippen MR) is 110 cm³/mol. The van der Waals surface area contributed by atoms with Crippen LogP contribution < -0.4 is 0 Å². The molecular weight excluding hydrogens is 433 g/mol. The van der Waals surface area contributed by atoms with Gasteiger partial charge in [-0.1, -0.05) is 38.1 Å². The van der Waals surface area contributed by atoms with Crippen molar-refractivity contribution in [3.8, 4) is 16.8 Å². The van der Waals surface area contributed by atoms with Crippen molar-refractivity contribution in [2.24, 2.45) is 0 Å². The number of aliphatic carboxylic acids is 1. The average Bonchev–Trinajstić information content (AvgIpc) is 3.13. The Hall–Kier alpha value is -3.14. The fourth-order valence-corrected chi connectivity index (χ4v) is 3.43. The predicted octanol–water partition coefficient (Wildman–Crippen LogP) is 4.61. The molecule has 0 saturated heterocycles. The zero-order chi connectivity index (χ0) is 23.4. The molecule has 0 unspecified atom stereocenters. The summed E-state index contributed by atoms with van der Waals surface area (Å²) in [5.74, 6) is -1.56. The van der Waals surface area contributed by atoms with Gasteiger partial charge in [-0.05, 0) is 35.4 Å². The minimum absolute atomic E-state index is 0.146. The monoisotopic (exact) mass is 454 g/mol. The number of halogens is 3. The highest BCUT2D eigenvalue weighted by atomic mass is 32.2. The van der Waals surface area contributed by atoms with E-state index in [0.717, 1.165) is 17.0 Å². The van der Waals surface area contributed by atoms with Crippen molar-refractivity contribution in [3.05, 3.63) is 66.2 Å². The Bertz CT molecular complexity index is 1170.